The van der Waals surface area contributed by atoms with Gasteiger partial charge in [-0.15, -0.1) is 0 Å². The highest BCUT2D eigenvalue weighted by molar-refractivity contribution is 7.89. The van der Waals surface area contributed by atoms with Crippen LogP contribution in [0.1, 0.15) is 60.9 Å². The first-order chi connectivity index (χ1) is 14.4. The van der Waals surface area contributed by atoms with Crippen molar-refractivity contribution in [1.29, 1.82) is 0 Å². The zero-order chi connectivity index (χ0) is 21.2. The number of benzene rings is 2. The number of amides is 1. The molecule has 0 spiro atoms. The Morgan fingerprint density at radius 1 is 1.00 bits per heavy atom. The maximum atomic E-state index is 13.0. The predicted octanol–water partition coefficient (Wildman–Crippen LogP) is 4.10. The first-order valence-corrected chi connectivity index (χ1v) is 12.3. The van der Waals surface area contributed by atoms with Gasteiger partial charge in [-0.2, -0.15) is 4.31 Å². The number of carbonyl (C=O) groups is 1. The maximum Gasteiger partial charge on any atom is 0.251 e. The molecule has 4 rings (SSSR count). The highest BCUT2D eigenvalue weighted by Crippen LogP contribution is 2.47. The number of carbonyl (C=O) groups excluding carboxylic acids is 1. The van der Waals surface area contributed by atoms with Crippen molar-refractivity contribution in [3.63, 3.8) is 0 Å². The Morgan fingerprint density at radius 3 is 2.23 bits per heavy atom. The van der Waals surface area contributed by atoms with E-state index in [4.69, 9.17) is 0 Å². The molecule has 0 heterocycles. The van der Waals surface area contributed by atoms with E-state index in [9.17, 15) is 13.2 Å². The van der Waals surface area contributed by atoms with E-state index in [1.165, 1.54) is 16.3 Å². The molecule has 5 nitrogen and oxygen atoms in total. The predicted molar refractivity (Wildman–Crippen MR) is 118 cm³/mol. The van der Waals surface area contributed by atoms with E-state index < -0.39 is 10.0 Å². The van der Waals surface area contributed by atoms with Crippen molar-refractivity contribution in [2.45, 2.75) is 61.3 Å². The van der Waals surface area contributed by atoms with Crippen LogP contribution in [-0.4, -0.2) is 38.3 Å². The fourth-order valence-electron chi connectivity index (χ4n) is 4.45. The lowest BCUT2D eigenvalue weighted by Crippen LogP contribution is -2.38. The van der Waals surface area contributed by atoms with Crippen molar-refractivity contribution in [3.8, 4) is 0 Å². The molecule has 2 aromatic carbocycles. The monoisotopic (exact) mass is 426 g/mol. The SMILES string of the molecule is CN(C1CCCCC1)S(=O)(=O)c1ccc(C(=O)NCC2(c3ccccc3)CC2)cc1. The number of nitrogens with one attached hydrogen (secondary N) is 1. The van der Waals surface area contributed by atoms with Crippen molar-refractivity contribution in [3.05, 3.63) is 65.7 Å². The van der Waals surface area contributed by atoms with Gasteiger partial charge in [0.15, 0.2) is 0 Å². The van der Waals surface area contributed by atoms with E-state index in [-0.39, 0.29) is 22.3 Å². The maximum absolute atomic E-state index is 13.0. The zero-order valence-electron chi connectivity index (χ0n) is 17.5. The van der Waals surface area contributed by atoms with Crippen LogP contribution in [0.15, 0.2) is 59.5 Å². The second kappa shape index (κ2) is 8.52. The van der Waals surface area contributed by atoms with Gasteiger partial charge in [0.05, 0.1) is 4.90 Å². The molecule has 0 bridgehead atoms. The molecule has 6 heteroatoms. The molecule has 30 heavy (non-hydrogen) atoms. The van der Waals surface area contributed by atoms with Gasteiger partial charge in [0.1, 0.15) is 0 Å². The number of hydrogen-bond donors (Lipinski definition) is 1. The highest BCUT2D eigenvalue weighted by Gasteiger charge is 2.44. The van der Waals surface area contributed by atoms with E-state index in [0.717, 1.165) is 38.5 Å². The molecule has 0 radical (unpaired) electrons. The van der Waals surface area contributed by atoms with Crippen LogP contribution in [0.5, 0.6) is 0 Å². The van der Waals surface area contributed by atoms with Crippen LogP contribution in [-0.2, 0) is 15.4 Å². The summed E-state index contributed by atoms with van der Waals surface area (Å²) in [4.78, 5) is 12.9. The van der Waals surface area contributed by atoms with Crippen molar-refractivity contribution in [2.75, 3.05) is 13.6 Å². The van der Waals surface area contributed by atoms with E-state index in [0.29, 0.717) is 12.1 Å². The number of nitrogens with zero attached hydrogens (tertiary/aromatic N) is 1. The molecule has 0 aromatic heterocycles. The number of rotatable bonds is 7. The average Bonchev–Trinajstić information content (AvgIpc) is 3.59. The standard InChI is InChI=1S/C24H30N2O3S/c1-26(21-10-6-3-7-11-21)30(28,29)22-14-12-19(13-15-22)23(27)25-18-24(16-17-24)20-8-4-2-5-9-20/h2,4-5,8-9,12-15,21H,3,6-7,10-11,16-18H2,1H3,(H,25,27). The topological polar surface area (TPSA) is 66.5 Å². The van der Waals surface area contributed by atoms with Gasteiger partial charge < -0.3 is 5.32 Å². The lowest BCUT2D eigenvalue weighted by atomic mass is 9.96. The van der Waals surface area contributed by atoms with Crippen LogP contribution in [0.3, 0.4) is 0 Å². The van der Waals surface area contributed by atoms with Crippen LogP contribution < -0.4 is 5.32 Å². The van der Waals surface area contributed by atoms with Gasteiger partial charge in [-0.05, 0) is 55.5 Å². The minimum atomic E-state index is -3.54. The van der Waals surface area contributed by atoms with Gasteiger partial charge in [-0.25, -0.2) is 8.42 Å². The van der Waals surface area contributed by atoms with Crippen LogP contribution in [0.4, 0.5) is 0 Å². The van der Waals surface area contributed by atoms with Crippen LogP contribution in [0.25, 0.3) is 0 Å². The van der Waals surface area contributed by atoms with E-state index >= 15 is 0 Å². The minimum absolute atomic E-state index is 0.0446. The Morgan fingerprint density at radius 2 is 1.63 bits per heavy atom. The lowest BCUT2D eigenvalue weighted by Gasteiger charge is -2.30. The fourth-order valence-corrected chi connectivity index (χ4v) is 5.86. The van der Waals surface area contributed by atoms with Gasteiger partial charge >= 0.3 is 0 Å². The van der Waals surface area contributed by atoms with Crippen molar-refractivity contribution >= 4 is 15.9 Å². The molecule has 2 aliphatic carbocycles. The number of hydrogen-bond acceptors (Lipinski definition) is 3. The smallest absolute Gasteiger partial charge is 0.251 e. The van der Waals surface area contributed by atoms with Gasteiger partial charge in [0.2, 0.25) is 10.0 Å². The Bertz CT molecular complexity index is 977. The van der Waals surface area contributed by atoms with Crippen LogP contribution in [0.2, 0.25) is 0 Å². The van der Waals surface area contributed by atoms with Gasteiger partial charge in [-0.1, -0.05) is 49.6 Å². The third-order valence-corrected chi connectivity index (χ3v) is 8.63. The molecule has 160 valence electrons. The summed E-state index contributed by atoms with van der Waals surface area (Å²) in [6.45, 7) is 0.598. The molecular weight excluding hydrogens is 396 g/mol. The molecule has 0 unspecified atom stereocenters. The second-order valence-corrected chi connectivity index (χ2v) is 10.7. The van der Waals surface area contributed by atoms with Crippen molar-refractivity contribution < 1.29 is 13.2 Å². The highest BCUT2D eigenvalue weighted by atomic mass is 32.2. The minimum Gasteiger partial charge on any atom is -0.351 e. The summed E-state index contributed by atoms with van der Waals surface area (Å²) >= 11 is 0. The molecule has 0 atom stereocenters. The largest absolute Gasteiger partial charge is 0.351 e. The van der Waals surface area contributed by atoms with E-state index in [1.54, 1.807) is 31.3 Å². The van der Waals surface area contributed by atoms with Gasteiger partial charge in [0, 0.05) is 30.6 Å². The third kappa shape index (κ3) is 4.30. The zero-order valence-corrected chi connectivity index (χ0v) is 18.3. The summed E-state index contributed by atoms with van der Waals surface area (Å²) in [7, 11) is -1.87. The lowest BCUT2D eigenvalue weighted by molar-refractivity contribution is 0.0949. The molecule has 1 amide bonds. The molecule has 2 aromatic rings. The Balaban J connectivity index is 1.40. The summed E-state index contributed by atoms with van der Waals surface area (Å²) in [5, 5.41) is 3.03. The average molecular weight is 427 g/mol. The Hall–Kier alpha value is -2.18. The van der Waals surface area contributed by atoms with Crippen LogP contribution in [0, 0.1) is 0 Å². The Labute approximate surface area is 179 Å². The molecule has 2 saturated carbocycles. The molecule has 2 aliphatic rings. The van der Waals surface area contributed by atoms with Gasteiger partial charge in [-0.3, -0.25) is 4.79 Å². The summed E-state index contributed by atoms with van der Waals surface area (Å²) in [6.07, 6.45) is 7.31. The second-order valence-electron chi connectivity index (χ2n) is 8.67. The summed E-state index contributed by atoms with van der Waals surface area (Å²) in [6, 6.07) is 16.7. The molecule has 2 fully saturated rings. The first-order valence-electron chi connectivity index (χ1n) is 10.8. The first kappa shape index (κ1) is 21.1. The molecule has 0 aliphatic heterocycles. The quantitative estimate of drug-likeness (QED) is 0.725. The van der Waals surface area contributed by atoms with Crippen LogP contribution >= 0.6 is 0 Å². The van der Waals surface area contributed by atoms with Gasteiger partial charge in [0.25, 0.3) is 5.91 Å². The fraction of sp³-hybridized carbons (Fsp3) is 0.458. The van der Waals surface area contributed by atoms with Crippen molar-refractivity contribution in [1.82, 2.24) is 9.62 Å². The van der Waals surface area contributed by atoms with E-state index in [2.05, 4.69) is 17.4 Å². The summed E-state index contributed by atoms with van der Waals surface area (Å²) in [5.41, 5.74) is 1.79. The summed E-state index contributed by atoms with van der Waals surface area (Å²) in [5.74, 6) is -0.165. The Kier molecular flexibility index (Phi) is 5.98. The molecular formula is C24H30N2O3S. The molecule has 1 N–H and O–H groups in total. The normalized spacial score (nSPS) is 18.9. The third-order valence-electron chi connectivity index (χ3n) is 6.71. The van der Waals surface area contributed by atoms with Crippen molar-refractivity contribution in [2.24, 2.45) is 0 Å². The van der Waals surface area contributed by atoms with E-state index in [1.807, 2.05) is 18.2 Å². The number of sulfonamides is 1. The molecule has 0 saturated heterocycles. The summed E-state index contributed by atoms with van der Waals surface area (Å²) < 4.78 is 27.4.